The summed E-state index contributed by atoms with van der Waals surface area (Å²) >= 11 is 0. The van der Waals surface area contributed by atoms with Gasteiger partial charge in [-0.3, -0.25) is 9.79 Å². The summed E-state index contributed by atoms with van der Waals surface area (Å²) in [5.74, 6) is -0.545. The highest BCUT2D eigenvalue weighted by molar-refractivity contribution is 5.97. The number of hydrogen-bond acceptors (Lipinski definition) is 3. The molecule has 4 rings (SSSR count). The molecule has 2 aromatic rings. The van der Waals surface area contributed by atoms with Crippen LogP contribution in [-0.2, 0) is 6.54 Å². The number of rotatable bonds is 6. The van der Waals surface area contributed by atoms with Gasteiger partial charge in [-0.05, 0) is 80.3 Å². The number of hydrogen-bond donors (Lipinski definition) is 0. The molecular weight excluding hydrogens is 358 g/mol. The van der Waals surface area contributed by atoms with E-state index >= 15 is 0 Å². The van der Waals surface area contributed by atoms with Gasteiger partial charge in [0.1, 0.15) is 17.3 Å². The molecule has 2 aliphatic rings. The van der Waals surface area contributed by atoms with Gasteiger partial charge in [0.25, 0.3) is 0 Å². The number of carbonyl (C=O) groups excluding carboxylic acids is 1. The molecule has 2 aliphatic carbocycles. The number of ketones is 1. The van der Waals surface area contributed by atoms with Crippen molar-refractivity contribution in [1.29, 1.82) is 0 Å². The zero-order valence-electron chi connectivity index (χ0n) is 15.8. The molecule has 0 N–H and O–H groups in total. The molecule has 1 heterocycles. The standard InChI is InChI=1S/C23H24F2N2O/c1-26-13-18-9-11-20(15-2-3-15)22(27-18)23(28)16-6-4-14(5-7-16)19-10-8-17(24)12-21(19)25/h8-12,14-16H,1-7,13H2. The lowest BCUT2D eigenvalue weighted by atomic mass is 9.76. The first-order valence-electron chi connectivity index (χ1n) is 9.98. The molecule has 0 radical (unpaired) electrons. The fourth-order valence-electron chi connectivity index (χ4n) is 4.33. The highest BCUT2D eigenvalue weighted by atomic mass is 19.1. The van der Waals surface area contributed by atoms with Crippen molar-refractivity contribution >= 4 is 12.5 Å². The lowest BCUT2D eigenvalue weighted by Gasteiger charge is -2.28. The maximum Gasteiger partial charge on any atom is 0.184 e. The monoisotopic (exact) mass is 382 g/mol. The summed E-state index contributed by atoms with van der Waals surface area (Å²) in [6.45, 7) is 3.92. The Balaban J connectivity index is 1.49. The number of halogens is 2. The summed E-state index contributed by atoms with van der Waals surface area (Å²) in [7, 11) is 0. The summed E-state index contributed by atoms with van der Waals surface area (Å²) < 4.78 is 27.3. The Bertz CT molecular complexity index is 899. The second kappa shape index (κ2) is 7.90. The van der Waals surface area contributed by atoms with Crippen molar-refractivity contribution in [2.24, 2.45) is 10.9 Å². The van der Waals surface area contributed by atoms with E-state index in [4.69, 9.17) is 0 Å². The van der Waals surface area contributed by atoms with Gasteiger partial charge >= 0.3 is 0 Å². The van der Waals surface area contributed by atoms with Crippen LogP contribution in [0.25, 0.3) is 0 Å². The largest absolute Gasteiger partial charge is 0.295 e. The Kier molecular flexibility index (Phi) is 5.33. The number of pyridine rings is 1. The summed E-state index contributed by atoms with van der Waals surface area (Å²) in [6.07, 6.45) is 5.08. The molecule has 3 nitrogen and oxygen atoms in total. The lowest BCUT2D eigenvalue weighted by molar-refractivity contribution is 0.0877. The summed E-state index contributed by atoms with van der Waals surface area (Å²) in [5.41, 5.74) is 2.98. The van der Waals surface area contributed by atoms with Crippen LogP contribution in [-0.4, -0.2) is 17.5 Å². The average molecular weight is 382 g/mol. The zero-order chi connectivity index (χ0) is 19.7. The number of aliphatic imine (C=N–C) groups is 1. The van der Waals surface area contributed by atoms with Gasteiger partial charge in [-0.2, -0.15) is 0 Å². The third-order valence-corrected chi connectivity index (χ3v) is 6.01. The van der Waals surface area contributed by atoms with Crippen molar-refractivity contribution in [2.45, 2.75) is 56.9 Å². The Labute approximate surface area is 163 Å². The molecule has 0 atom stereocenters. The Morgan fingerprint density at radius 2 is 1.64 bits per heavy atom. The third kappa shape index (κ3) is 3.89. The minimum Gasteiger partial charge on any atom is -0.295 e. The van der Waals surface area contributed by atoms with E-state index in [9.17, 15) is 13.6 Å². The van der Waals surface area contributed by atoms with Crippen LogP contribution in [0.2, 0.25) is 0 Å². The number of aromatic nitrogens is 1. The predicted octanol–water partition coefficient (Wildman–Crippen LogP) is 5.59. The first-order chi connectivity index (χ1) is 13.6. The molecule has 28 heavy (non-hydrogen) atoms. The molecule has 5 heteroatoms. The van der Waals surface area contributed by atoms with Crippen LogP contribution in [0.1, 0.15) is 77.7 Å². The molecule has 0 aliphatic heterocycles. The first-order valence-corrected chi connectivity index (χ1v) is 9.98. The van der Waals surface area contributed by atoms with Crippen molar-refractivity contribution < 1.29 is 13.6 Å². The highest BCUT2D eigenvalue weighted by Gasteiger charge is 2.34. The van der Waals surface area contributed by atoms with Crippen LogP contribution < -0.4 is 0 Å². The summed E-state index contributed by atoms with van der Waals surface area (Å²) in [5, 5.41) is 0. The first kappa shape index (κ1) is 18.9. The Morgan fingerprint density at radius 1 is 1.00 bits per heavy atom. The van der Waals surface area contributed by atoms with E-state index in [0.29, 0.717) is 36.6 Å². The predicted molar refractivity (Wildman–Crippen MR) is 105 cm³/mol. The van der Waals surface area contributed by atoms with E-state index in [0.717, 1.165) is 43.0 Å². The molecule has 0 bridgehead atoms. The molecule has 0 spiro atoms. The smallest absolute Gasteiger partial charge is 0.184 e. The highest BCUT2D eigenvalue weighted by Crippen LogP contribution is 2.43. The second-order valence-electron chi connectivity index (χ2n) is 7.98. The van der Waals surface area contributed by atoms with Gasteiger partial charge < -0.3 is 0 Å². The Hall–Kier alpha value is -2.43. The van der Waals surface area contributed by atoms with Crippen LogP contribution in [0.5, 0.6) is 0 Å². The second-order valence-corrected chi connectivity index (χ2v) is 7.98. The minimum atomic E-state index is -0.558. The van der Waals surface area contributed by atoms with Crippen LogP contribution in [0.3, 0.4) is 0 Å². The van der Waals surface area contributed by atoms with E-state index in [-0.39, 0.29) is 17.6 Å². The molecule has 0 amide bonds. The maximum absolute atomic E-state index is 14.1. The van der Waals surface area contributed by atoms with Crippen LogP contribution in [0.4, 0.5) is 8.78 Å². The quantitative estimate of drug-likeness (QED) is 0.482. The molecule has 0 saturated heterocycles. The SMILES string of the molecule is C=NCc1ccc(C2CC2)c(C(=O)C2CCC(c3ccc(F)cc3F)CC2)n1. The van der Waals surface area contributed by atoms with Crippen LogP contribution in [0, 0.1) is 17.6 Å². The minimum absolute atomic E-state index is 0.0387. The van der Waals surface area contributed by atoms with Gasteiger partial charge in [0, 0.05) is 12.0 Å². The number of Topliss-reactive ketones (excluding diaryl/α,β-unsaturated/α-hetero) is 1. The van der Waals surface area contributed by atoms with E-state index < -0.39 is 11.6 Å². The van der Waals surface area contributed by atoms with Gasteiger partial charge in [0.05, 0.1) is 12.2 Å². The fourth-order valence-corrected chi connectivity index (χ4v) is 4.33. The molecular formula is C23H24F2N2O. The molecule has 1 aromatic carbocycles. The van der Waals surface area contributed by atoms with Crippen molar-refractivity contribution in [3.63, 3.8) is 0 Å². The molecule has 2 fully saturated rings. The summed E-state index contributed by atoms with van der Waals surface area (Å²) in [6, 6.07) is 7.75. The van der Waals surface area contributed by atoms with E-state index in [2.05, 4.69) is 16.7 Å². The molecule has 146 valence electrons. The van der Waals surface area contributed by atoms with Gasteiger partial charge in [-0.25, -0.2) is 13.8 Å². The Morgan fingerprint density at radius 3 is 2.29 bits per heavy atom. The third-order valence-electron chi connectivity index (χ3n) is 6.01. The van der Waals surface area contributed by atoms with Crippen molar-refractivity contribution in [2.75, 3.05) is 0 Å². The van der Waals surface area contributed by atoms with Crippen molar-refractivity contribution in [1.82, 2.24) is 4.98 Å². The molecule has 0 unspecified atom stereocenters. The number of nitrogens with zero attached hydrogens (tertiary/aromatic N) is 2. The lowest BCUT2D eigenvalue weighted by Crippen LogP contribution is -2.24. The van der Waals surface area contributed by atoms with Crippen LogP contribution in [0.15, 0.2) is 35.3 Å². The summed E-state index contributed by atoms with van der Waals surface area (Å²) in [4.78, 5) is 21.7. The van der Waals surface area contributed by atoms with Gasteiger partial charge in [-0.15, -0.1) is 0 Å². The van der Waals surface area contributed by atoms with Crippen molar-refractivity contribution in [3.8, 4) is 0 Å². The normalized spacial score (nSPS) is 22.1. The van der Waals surface area contributed by atoms with E-state index in [1.165, 1.54) is 12.1 Å². The fraction of sp³-hybridized carbons (Fsp3) is 0.435. The number of benzene rings is 1. The topological polar surface area (TPSA) is 42.3 Å². The average Bonchev–Trinajstić information content (AvgIpc) is 3.53. The van der Waals surface area contributed by atoms with E-state index in [1.54, 1.807) is 0 Å². The van der Waals surface area contributed by atoms with Crippen LogP contribution >= 0.6 is 0 Å². The number of carbonyl (C=O) groups is 1. The van der Waals surface area contributed by atoms with Crippen molar-refractivity contribution in [3.05, 3.63) is 64.5 Å². The maximum atomic E-state index is 14.1. The van der Waals surface area contributed by atoms with Gasteiger partial charge in [0.2, 0.25) is 0 Å². The van der Waals surface area contributed by atoms with Gasteiger partial charge in [0.15, 0.2) is 5.78 Å². The zero-order valence-corrected chi connectivity index (χ0v) is 15.8. The molecule has 1 aromatic heterocycles. The molecule has 2 saturated carbocycles. The van der Waals surface area contributed by atoms with E-state index in [1.807, 2.05) is 12.1 Å². The van der Waals surface area contributed by atoms with Gasteiger partial charge in [-0.1, -0.05) is 12.1 Å².